The Morgan fingerprint density at radius 1 is 1.24 bits per heavy atom. The molecule has 0 spiro atoms. The Hall–Kier alpha value is -2.57. The Labute approximate surface area is 147 Å². The summed E-state index contributed by atoms with van der Waals surface area (Å²) in [6.07, 6.45) is 2.04. The fraction of sp³-hybridized carbons (Fsp3) is 0.500. The fourth-order valence-electron chi connectivity index (χ4n) is 3.26. The molecule has 2 atom stereocenters. The van der Waals surface area contributed by atoms with E-state index in [1.807, 2.05) is 39.0 Å². The van der Waals surface area contributed by atoms with Gasteiger partial charge in [-0.1, -0.05) is 17.7 Å². The number of ether oxygens (including phenoxy) is 1. The van der Waals surface area contributed by atoms with Crippen LogP contribution in [0.25, 0.3) is 0 Å². The molecule has 1 aromatic carbocycles. The van der Waals surface area contributed by atoms with Crippen molar-refractivity contribution in [1.82, 2.24) is 25.4 Å². The van der Waals surface area contributed by atoms with Crippen LogP contribution in [0, 0.1) is 6.92 Å². The number of nitrogens with one attached hydrogen (secondary N) is 2. The number of carbonyl (C=O) groups excluding carboxylic acids is 1. The molecule has 7 nitrogen and oxygen atoms in total. The lowest BCUT2D eigenvalue weighted by Gasteiger charge is -2.20. The maximum Gasteiger partial charge on any atom is 0.315 e. The van der Waals surface area contributed by atoms with Gasteiger partial charge in [0, 0.05) is 18.5 Å². The summed E-state index contributed by atoms with van der Waals surface area (Å²) in [7, 11) is 1.63. The summed E-state index contributed by atoms with van der Waals surface area (Å²) < 4.78 is 7.50. The lowest BCUT2D eigenvalue weighted by Crippen LogP contribution is -2.39. The van der Waals surface area contributed by atoms with Gasteiger partial charge in [0.1, 0.15) is 11.6 Å². The molecule has 2 aromatic rings. The topological polar surface area (TPSA) is 81.1 Å². The summed E-state index contributed by atoms with van der Waals surface area (Å²) >= 11 is 0. The van der Waals surface area contributed by atoms with Crippen molar-refractivity contribution in [2.45, 2.75) is 52.2 Å². The van der Waals surface area contributed by atoms with Crippen molar-refractivity contribution in [1.29, 1.82) is 0 Å². The molecule has 0 bridgehead atoms. The van der Waals surface area contributed by atoms with Gasteiger partial charge in [-0.15, -0.1) is 10.2 Å². The summed E-state index contributed by atoms with van der Waals surface area (Å²) in [5, 5.41) is 14.3. The SMILES string of the molecule is COc1ccc(C)cc1[C@H](C)NC(=O)N[C@@H](C)c1nnc2n1CCC2. The van der Waals surface area contributed by atoms with Crippen molar-refractivity contribution in [3.8, 4) is 5.75 Å². The first-order valence-corrected chi connectivity index (χ1v) is 8.63. The van der Waals surface area contributed by atoms with E-state index in [0.717, 1.165) is 47.9 Å². The predicted molar refractivity (Wildman–Crippen MR) is 94.6 cm³/mol. The lowest BCUT2D eigenvalue weighted by molar-refractivity contribution is 0.234. The predicted octanol–water partition coefficient (Wildman–Crippen LogP) is 2.66. The van der Waals surface area contributed by atoms with Crippen molar-refractivity contribution in [2.75, 3.05) is 7.11 Å². The van der Waals surface area contributed by atoms with Crippen molar-refractivity contribution in [3.05, 3.63) is 41.0 Å². The molecule has 3 rings (SSSR count). The number of methoxy groups -OCH3 is 1. The molecule has 7 heteroatoms. The zero-order valence-electron chi connectivity index (χ0n) is 15.2. The summed E-state index contributed by atoms with van der Waals surface area (Å²) in [5.74, 6) is 2.58. The number of amides is 2. The van der Waals surface area contributed by atoms with E-state index in [-0.39, 0.29) is 18.1 Å². The molecule has 2 heterocycles. The van der Waals surface area contributed by atoms with Gasteiger partial charge < -0.3 is 19.9 Å². The second kappa shape index (κ2) is 7.13. The molecule has 25 heavy (non-hydrogen) atoms. The minimum atomic E-state index is -0.237. The van der Waals surface area contributed by atoms with Crippen LogP contribution < -0.4 is 15.4 Å². The van der Waals surface area contributed by atoms with Gasteiger partial charge in [0.05, 0.1) is 19.2 Å². The quantitative estimate of drug-likeness (QED) is 0.874. The average molecular weight is 343 g/mol. The van der Waals surface area contributed by atoms with Gasteiger partial charge >= 0.3 is 6.03 Å². The minimum Gasteiger partial charge on any atom is -0.496 e. The van der Waals surface area contributed by atoms with Crippen LogP contribution in [0.3, 0.4) is 0 Å². The Bertz CT molecular complexity index is 771. The van der Waals surface area contributed by atoms with Crippen LogP contribution in [0.15, 0.2) is 18.2 Å². The maximum absolute atomic E-state index is 12.4. The standard InChI is InChI=1S/C18H25N5O2/c1-11-7-8-15(25-4)14(10-11)12(2)19-18(24)20-13(3)17-22-21-16-6-5-9-23(16)17/h7-8,10,12-13H,5-6,9H2,1-4H3,(H2,19,20,24)/t12-,13-/m0/s1. The molecule has 1 aliphatic rings. The first kappa shape index (κ1) is 17.3. The second-order valence-electron chi connectivity index (χ2n) is 6.54. The number of aryl methyl sites for hydroxylation is 2. The number of rotatable bonds is 5. The Morgan fingerprint density at radius 3 is 2.76 bits per heavy atom. The van der Waals surface area contributed by atoms with Gasteiger partial charge in [0.25, 0.3) is 0 Å². The van der Waals surface area contributed by atoms with Crippen LogP contribution >= 0.6 is 0 Å². The van der Waals surface area contributed by atoms with Crippen LogP contribution in [0.1, 0.15) is 55.1 Å². The number of aromatic nitrogens is 3. The molecule has 2 N–H and O–H groups in total. The van der Waals surface area contributed by atoms with Crippen molar-refractivity contribution >= 4 is 6.03 Å². The van der Waals surface area contributed by atoms with Gasteiger partial charge in [-0.25, -0.2) is 4.79 Å². The van der Waals surface area contributed by atoms with Gasteiger partial charge in [-0.3, -0.25) is 0 Å². The van der Waals surface area contributed by atoms with E-state index in [9.17, 15) is 4.79 Å². The van der Waals surface area contributed by atoms with Crippen molar-refractivity contribution in [2.24, 2.45) is 0 Å². The minimum absolute atomic E-state index is 0.175. The molecule has 0 unspecified atom stereocenters. The van der Waals surface area contributed by atoms with Crippen LogP contribution in [-0.4, -0.2) is 27.9 Å². The van der Waals surface area contributed by atoms with Gasteiger partial charge in [0.15, 0.2) is 5.82 Å². The molecule has 0 radical (unpaired) electrons. The Balaban J connectivity index is 1.65. The van der Waals surface area contributed by atoms with Gasteiger partial charge in [-0.05, 0) is 33.3 Å². The summed E-state index contributed by atoms with van der Waals surface area (Å²) in [6.45, 7) is 6.80. The maximum atomic E-state index is 12.4. The average Bonchev–Trinajstić information content (AvgIpc) is 3.17. The third-order valence-electron chi connectivity index (χ3n) is 4.57. The number of hydrogen-bond donors (Lipinski definition) is 2. The zero-order valence-corrected chi connectivity index (χ0v) is 15.2. The first-order valence-electron chi connectivity index (χ1n) is 8.63. The third kappa shape index (κ3) is 3.60. The molecular weight excluding hydrogens is 318 g/mol. The Kier molecular flexibility index (Phi) is 4.92. The van der Waals surface area contributed by atoms with E-state index < -0.39 is 0 Å². The fourth-order valence-corrected chi connectivity index (χ4v) is 3.26. The molecule has 134 valence electrons. The number of urea groups is 1. The van der Waals surface area contributed by atoms with E-state index in [1.54, 1.807) is 7.11 Å². The summed E-state index contributed by atoms with van der Waals surface area (Å²) in [5.41, 5.74) is 2.07. The number of benzene rings is 1. The van der Waals surface area contributed by atoms with E-state index in [2.05, 4.69) is 25.4 Å². The molecular formula is C18H25N5O2. The van der Waals surface area contributed by atoms with Crippen molar-refractivity contribution in [3.63, 3.8) is 0 Å². The lowest BCUT2D eigenvalue weighted by atomic mass is 10.0. The highest BCUT2D eigenvalue weighted by Gasteiger charge is 2.23. The van der Waals surface area contributed by atoms with Crippen LogP contribution in [0.5, 0.6) is 5.75 Å². The molecule has 1 aromatic heterocycles. The first-order chi connectivity index (χ1) is 12.0. The van der Waals surface area contributed by atoms with E-state index in [0.29, 0.717) is 0 Å². The molecule has 0 saturated carbocycles. The van der Waals surface area contributed by atoms with E-state index in [1.165, 1.54) is 0 Å². The monoisotopic (exact) mass is 343 g/mol. The van der Waals surface area contributed by atoms with Crippen molar-refractivity contribution < 1.29 is 9.53 Å². The normalized spacial score (nSPS) is 15.4. The molecule has 0 aliphatic carbocycles. The largest absolute Gasteiger partial charge is 0.496 e. The molecule has 1 aliphatic heterocycles. The third-order valence-corrected chi connectivity index (χ3v) is 4.57. The highest BCUT2D eigenvalue weighted by molar-refractivity contribution is 5.75. The van der Waals surface area contributed by atoms with Crippen LogP contribution in [-0.2, 0) is 13.0 Å². The van der Waals surface area contributed by atoms with E-state index >= 15 is 0 Å². The second-order valence-corrected chi connectivity index (χ2v) is 6.54. The summed E-state index contributed by atoms with van der Waals surface area (Å²) in [6, 6.07) is 5.32. The van der Waals surface area contributed by atoms with Gasteiger partial charge in [-0.2, -0.15) is 0 Å². The van der Waals surface area contributed by atoms with Crippen LogP contribution in [0.4, 0.5) is 4.79 Å². The highest BCUT2D eigenvalue weighted by atomic mass is 16.5. The van der Waals surface area contributed by atoms with Crippen LogP contribution in [0.2, 0.25) is 0 Å². The molecule has 0 saturated heterocycles. The Morgan fingerprint density at radius 2 is 2.00 bits per heavy atom. The number of fused-ring (bicyclic) bond motifs is 1. The zero-order chi connectivity index (χ0) is 18.0. The number of carbonyl (C=O) groups is 1. The molecule has 0 fully saturated rings. The highest BCUT2D eigenvalue weighted by Crippen LogP contribution is 2.26. The summed E-state index contributed by atoms with van der Waals surface area (Å²) in [4.78, 5) is 12.4. The number of hydrogen-bond acceptors (Lipinski definition) is 4. The van der Waals surface area contributed by atoms with Gasteiger partial charge in [0.2, 0.25) is 0 Å². The molecule has 2 amide bonds. The number of nitrogens with zero attached hydrogens (tertiary/aromatic N) is 3. The smallest absolute Gasteiger partial charge is 0.315 e. The van der Waals surface area contributed by atoms with E-state index in [4.69, 9.17) is 4.74 Å².